The van der Waals surface area contributed by atoms with Gasteiger partial charge in [0, 0.05) is 72.2 Å². The second-order valence-electron chi connectivity index (χ2n) is 28.6. The molecule has 3 saturated heterocycles. The first-order valence-electron chi connectivity index (χ1n) is 46.4. The number of hydroxylamine groups is 2. The minimum absolute atomic E-state index is 0.0189. The number of carbonyl (C=O) groups excluding carboxylic acids is 4. The van der Waals surface area contributed by atoms with E-state index in [0.29, 0.717) is 365 Å². The maximum atomic E-state index is 12.4. The number of azide groups is 2. The quantitative estimate of drug-likeness (QED) is 0.0102. The fraction of sp³-hybridized carbons (Fsp3) is 0.855. The number of nitrogen functional groups attached to an aromatic ring is 2. The molecule has 54 nitrogen and oxygen atoms in total. The third-order valence-electron chi connectivity index (χ3n) is 18.4. The van der Waals surface area contributed by atoms with E-state index in [-0.39, 0.29) is 63.0 Å². The summed E-state index contributed by atoms with van der Waals surface area (Å²) in [7, 11) is -1.00. The van der Waals surface area contributed by atoms with Gasteiger partial charge in [0.2, 0.25) is 5.91 Å². The Labute approximate surface area is 802 Å². The zero-order valence-electron chi connectivity index (χ0n) is 80.0. The van der Waals surface area contributed by atoms with Crippen molar-refractivity contribution < 1.29 is 184 Å². The Bertz CT molecular complexity index is 3540. The van der Waals surface area contributed by atoms with Crippen LogP contribution in [0, 0.1) is 0 Å². The number of amides is 3. The second-order valence-corrected chi connectivity index (χ2v) is 28.6. The van der Waals surface area contributed by atoms with E-state index >= 15 is 0 Å². The van der Waals surface area contributed by atoms with Crippen LogP contribution in [0.5, 0.6) is 0 Å². The smallest absolute Gasteiger partial charge is 0.351 e. The molecule has 0 bridgehead atoms. The first-order chi connectivity index (χ1) is 67.9. The number of carbonyl (C=O) groups is 4. The molecule has 798 valence electrons. The van der Waals surface area contributed by atoms with Crippen molar-refractivity contribution in [3.05, 3.63) is 65.4 Å². The molecule has 0 aromatic carbocycles. The number of rotatable bonds is 90. The van der Waals surface area contributed by atoms with E-state index in [1.165, 1.54) is 12.4 Å². The molecule has 5 rings (SSSR count). The van der Waals surface area contributed by atoms with Gasteiger partial charge in [-0.05, 0) is 43.3 Å². The number of aromatic nitrogens is 4. The number of ether oxygens (including phenoxy) is 26. The summed E-state index contributed by atoms with van der Waals surface area (Å²) in [5.74, 6) is -1.79. The average molecular weight is 2000 g/mol. The lowest BCUT2D eigenvalue weighted by Crippen LogP contribution is -2.36. The van der Waals surface area contributed by atoms with Gasteiger partial charge in [-0.25, -0.2) is 14.4 Å². The number of alkyl halides is 1. The molecule has 8 atom stereocenters. The zero-order valence-corrected chi connectivity index (χ0v) is 79.0. The van der Waals surface area contributed by atoms with Crippen LogP contribution in [0.3, 0.4) is 0 Å². The van der Waals surface area contributed by atoms with E-state index in [1.54, 1.807) is 0 Å². The van der Waals surface area contributed by atoms with Crippen LogP contribution in [-0.4, -0.2) is 479 Å². The first kappa shape index (κ1) is 125. The highest BCUT2D eigenvalue weighted by molar-refractivity contribution is 6.01. The monoisotopic (exact) mass is 2000 g/mol. The van der Waals surface area contributed by atoms with Gasteiger partial charge in [0.25, 0.3) is 11.8 Å². The molecule has 2 aromatic heterocycles. The summed E-state index contributed by atoms with van der Waals surface area (Å²) in [6, 6.07) is 0. The normalized spacial score (nSPS) is 17.3. The van der Waals surface area contributed by atoms with Crippen molar-refractivity contribution >= 4 is 35.3 Å². The molecule has 13 N–H and O–H groups in total. The number of aliphatic hydroxyl groups excluding tert-OH is 6. The van der Waals surface area contributed by atoms with Gasteiger partial charge in [0.15, 0.2) is 12.5 Å². The summed E-state index contributed by atoms with van der Waals surface area (Å²) >= 11 is 0. The lowest BCUT2D eigenvalue weighted by Gasteiger charge is -2.18. The van der Waals surface area contributed by atoms with Crippen LogP contribution < -0.4 is 33.9 Å². The summed E-state index contributed by atoms with van der Waals surface area (Å²) in [5, 5.41) is 68.4. The Morgan fingerprint density at radius 1 is 0.420 bits per heavy atom. The van der Waals surface area contributed by atoms with Crippen molar-refractivity contribution in [3.63, 3.8) is 0 Å². The number of nitrogens with zero attached hydrogens (tertiary/aromatic N) is 11. The molecule has 138 heavy (non-hydrogen) atoms. The van der Waals surface area contributed by atoms with Crippen LogP contribution in [0.25, 0.3) is 20.9 Å². The Morgan fingerprint density at radius 3 is 0.899 bits per heavy atom. The Kier molecular flexibility index (Phi) is 82.2. The van der Waals surface area contributed by atoms with E-state index < -0.39 is 98.6 Å². The van der Waals surface area contributed by atoms with E-state index in [2.05, 4.69) is 35.3 Å². The van der Waals surface area contributed by atoms with Gasteiger partial charge in [-0.2, -0.15) is 9.97 Å². The highest BCUT2D eigenvalue weighted by atomic mass is 19.1. The lowest BCUT2D eigenvalue weighted by molar-refractivity contribution is -0.198. The predicted molar refractivity (Wildman–Crippen MR) is 482 cm³/mol. The third kappa shape index (κ3) is 65.7. The summed E-state index contributed by atoms with van der Waals surface area (Å²) in [4.78, 5) is 88.4. The Morgan fingerprint density at radius 2 is 0.659 bits per heavy atom. The molecule has 0 aliphatic carbocycles. The molecule has 2 aromatic rings. The molecule has 3 amide bonds. The van der Waals surface area contributed by atoms with Crippen LogP contribution in [0.15, 0.2) is 32.2 Å². The molecule has 55 heteroatoms. The van der Waals surface area contributed by atoms with Crippen molar-refractivity contribution in [2.24, 2.45) is 16.0 Å². The number of nitrogens with two attached hydrogens (primary N) is 3. The fourth-order valence-corrected chi connectivity index (χ4v) is 11.4. The van der Waals surface area contributed by atoms with Gasteiger partial charge >= 0.3 is 17.3 Å². The highest BCUT2D eigenvalue weighted by Crippen LogP contribution is 2.30. The molecular weight excluding hydrogens is 1850 g/mol. The number of anilines is 2. The topological polar surface area (TPSA) is 700 Å². The minimum Gasteiger partial charge on any atom is -0.394 e. The van der Waals surface area contributed by atoms with Crippen molar-refractivity contribution in [1.82, 2.24) is 29.5 Å². The minimum atomic E-state index is -1.43. The van der Waals surface area contributed by atoms with E-state index in [1.807, 2.05) is 0 Å². The highest BCUT2D eigenvalue weighted by Gasteiger charge is 2.45. The maximum absolute atomic E-state index is 12.4. The molecular formula is C83H150FN15O39. The molecule has 2 unspecified atom stereocenters. The molecule has 3 fully saturated rings. The van der Waals surface area contributed by atoms with E-state index in [4.69, 9.17) is 163 Å². The maximum Gasteiger partial charge on any atom is 0.351 e. The Balaban J connectivity index is 0.000000769. The number of hydrogen-bond donors (Lipinski definition) is 10. The van der Waals surface area contributed by atoms with Crippen LogP contribution >= 0.6 is 0 Å². The number of imide groups is 1. The van der Waals surface area contributed by atoms with Gasteiger partial charge in [0.05, 0.1) is 345 Å². The molecule has 3 aliphatic heterocycles. The number of aryl methyl sites for hydroxylation is 2. The second kappa shape index (κ2) is 90.9. The van der Waals surface area contributed by atoms with Gasteiger partial charge < -0.3 is 181 Å². The molecule has 0 saturated carbocycles. The Hall–Kier alpha value is -7.33. The third-order valence-corrected chi connectivity index (χ3v) is 18.4. The van der Waals surface area contributed by atoms with E-state index in [0.717, 1.165) is 9.13 Å². The van der Waals surface area contributed by atoms with Gasteiger partial charge in [-0.1, -0.05) is 10.2 Å². The standard InChI is InChI=1S/C39H71N7O18.C31H56N4O16.C12H20N4O5.CH3F/c40-37-32(30-46(39(51)44-37)38-36(50)35(49)33(31-47)64-38)2-1-4-42-34(48)3-6-52-8-10-54-12-14-56-16-18-58-20-22-60-24-26-62-28-29-63-27-25-61-23-21-59-19-17-57-15-13-55-11-9-53-7-5-43-45-41;32-34-33-4-6-40-8-10-42-12-14-44-16-18-46-20-22-48-24-26-50-28-27-49-25-23-47-21-19-45-17-15-43-13-11-41-9-7-39-5-3-31(38)51-35-29(36)1-2-30(35)37;13-3-1-2-6-4-16(12(20)15-10(6)14)11-9(19)8(18)7(5-17)21-11;1-2/h30,33,35-36,38,47,49-50H,1-29,31H2,(H,42,48)(H2,40,44,51);1-28H2;4,7-9,11,17-19H,1-3,5,13H2,(H2,14,15,20);1H3/t33-,35?,36+,38-;;7-,8?,9+,11-;/m1.1./s1/i;;;1D. The van der Waals surface area contributed by atoms with Crippen LogP contribution in [0.1, 0.15) is 63.5 Å². The lowest BCUT2D eigenvalue weighted by atomic mass is 10.1. The van der Waals surface area contributed by atoms with Gasteiger partial charge in [0.1, 0.15) is 48.3 Å². The zero-order chi connectivity index (χ0) is 101. The van der Waals surface area contributed by atoms with E-state index in [9.17, 15) is 58.7 Å². The predicted octanol–water partition coefficient (Wildman–Crippen LogP) is -3.21. The average Bonchev–Trinajstić information content (AvgIpc) is 1.60. The van der Waals surface area contributed by atoms with Crippen LogP contribution in [-0.2, 0) is 160 Å². The summed E-state index contributed by atoms with van der Waals surface area (Å²) in [5.41, 5.74) is 33.0. The molecule has 0 spiro atoms. The fourth-order valence-electron chi connectivity index (χ4n) is 11.4. The summed E-state index contributed by atoms with van der Waals surface area (Å²) < 4.78 is 158. The molecule has 0 radical (unpaired) electrons. The van der Waals surface area contributed by atoms with Crippen molar-refractivity contribution in [1.29, 1.82) is 0 Å². The van der Waals surface area contributed by atoms with Gasteiger partial charge in [-0.15, -0.1) is 5.06 Å². The molecule has 3 aliphatic rings. The number of halogens is 1. The SMILES string of the molecule is NCCCc1cn([C@@H]2O[C@H](CO)C(O)[C@@H]2O)c(=O)nc1N.[2H]CF.[N-]=[N+]=NCCOCCOCCOCCOCCOCCOCCOCCOCCOCCOCCOCCOCCC(=O)NCCCc1cn([C@@H]2O[C@H](CO)C(O)[C@@H]2O)c(=O)nc1N.[N-]=[N+]=NCCOCCOCCOCCOCCOCCOCCOCCOCCOCCOCCOCCOCCC(=O)ON1C(=O)CCC1=O. The van der Waals surface area contributed by atoms with Crippen molar-refractivity contribution in [2.45, 2.75) is 100 Å². The molecule has 5 heterocycles. The summed E-state index contributed by atoms with van der Waals surface area (Å²) in [6.07, 6.45) is -4.61. The van der Waals surface area contributed by atoms with Crippen molar-refractivity contribution in [2.75, 3.05) is 375 Å². The number of aliphatic hydroxyl groups is 6. The van der Waals surface area contributed by atoms with Gasteiger partial charge in [-0.3, -0.25) is 27.9 Å². The first-order valence-corrected chi connectivity index (χ1v) is 45.7. The van der Waals surface area contributed by atoms with Crippen LogP contribution in [0.4, 0.5) is 16.0 Å². The van der Waals surface area contributed by atoms with Crippen LogP contribution in [0.2, 0.25) is 0 Å². The van der Waals surface area contributed by atoms with Crippen molar-refractivity contribution in [3.8, 4) is 0 Å². The number of nitrogens with one attached hydrogen (secondary N) is 1. The number of hydrogen-bond acceptors (Lipinski definition) is 46. The summed E-state index contributed by atoms with van der Waals surface area (Å²) in [6.45, 7) is 21.1. The largest absolute Gasteiger partial charge is 0.394 e.